The average molecular weight is 1940 g/mol. The van der Waals surface area contributed by atoms with Gasteiger partial charge in [0, 0.05) is 200 Å². The van der Waals surface area contributed by atoms with Gasteiger partial charge in [-0.2, -0.15) is 0 Å². The van der Waals surface area contributed by atoms with Crippen molar-refractivity contribution in [2.24, 2.45) is 35.5 Å². The molecule has 4 fully saturated rings. The van der Waals surface area contributed by atoms with Crippen molar-refractivity contribution in [3.63, 3.8) is 0 Å². The fraction of sp³-hybridized carbons (Fsp3) is 0.680. The molecule has 38 nitrogen and oxygen atoms in total. The fourth-order valence-electron chi connectivity index (χ4n) is 17.4. The summed E-state index contributed by atoms with van der Waals surface area (Å²) in [5.74, 6) is -6.10. The lowest BCUT2D eigenvalue weighted by Gasteiger charge is -2.43. The second kappa shape index (κ2) is 59.8. The molecule has 7 rings (SSSR count). The summed E-state index contributed by atoms with van der Waals surface area (Å²) in [6.45, 7) is 20.4. The highest BCUT2D eigenvalue weighted by atomic mass is 16.7. The van der Waals surface area contributed by atoms with Gasteiger partial charge in [-0.1, -0.05) is 96.1 Å². The Labute approximate surface area is 810 Å². The van der Waals surface area contributed by atoms with Gasteiger partial charge in [-0.15, -0.1) is 0 Å². The monoisotopic (exact) mass is 1940 g/mol. The van der Waals surface area contributed by atoms with E-state index in [-0.39, 0.29) is 216 Å². The van der Waals surface area contributed by atoms with Crippen LogP contribution in [0, 0.1) is 35.5 Å². The topological polar surface area (TPSA) is 485 Å². The highest BCUT2D eigenvalue weighted by Crippen LogP contribution is 2.44. The van der Waals surface area contributed by atoms with Crippen molar-refractivity contribution in [2.45, 2.75) is 297 Å². The number of esters is 6. The van der Waals surface area contributed by atoms with Crippen LogP contribution in [0.3, 0.4) is 0 Å². The molecule has 4 aliphatic heterocycles. The van der Waals surface area contributed by atoms with Crippen LogP contribution < -0.4 is 46.7 Å². The van der Waals surface area contributed by atoms with E-state index in [0.29, 0.717) is 69.3 Å². The molecule has 38 heteroatoms. The zero-order valence-corrected chi connectivity index (χ0v) is 82.8. The molecule has 8 amide bonds. The molecule has 4 heterocycles. The van der Waals surface area contributed by atoms with Crippen molar-refractivity contribution in [3.8, 4) is 11.5 Å². The van der Waals surface area contributed by atoms with Gasteiger partial charge in [-0.25, -0.2) is 0 Å². The average Bonchev–Trinajstić information content (AvgIpc) is 0.881. The zero-order valence-electron chi connectivity index (χ0n) is 82.8. The number of rotatable bonds is 60. The maximum atomic E-state index is 14.9. The Kier molecular flexibility index (Phi) is 49.6. The molecule has 0 saturated carbocycles. The Balaban J connectivity index is 1.01. The standard InChI is InChI=1S/C100H150N8O30/c1-63-66(4)96(136-82(60-129-69(7)109)93(63)133-72(10)112)126-54-21-18-29-85(116)101-48-24-51-104-88(119)42-45-99(46-43-89(120)105-52-25-49-102-86(117)30-19-22-55-127-97-67(5)64(2)94(134-73(11)113)83(137-97)61-130-70(8)110,47-44-90(121)106-53-26-50-103-87(118)31-20-23-56-128-98-68(6)65(3)95(135-74(12)114)84(138-98)62-131-71(9)111)107-91(122)40-41-92(123)108-58-79(115)57-78(108)59-132-100(75-27-16-15-17-28-75,76-32-36-80(124-13)37-33-76)77-34-38-81(125-14)39-35-77/h15-17,27-28,32-39,63-68,78-79,82-84,93-98,115H,18-26,29-31,40-62H2,1-14H3,(H,101,116)(H,102,117)(H,103,118)(H,104,119)(H,105,120)(H,106,121)(H,107,122)/t63?,64?,65?,66?,67?,68?,78-,79+,82?,83?,84?,93?,94?,95?,96?,97?,98?,99?/m1/s1. The summed E-state index contributed by atoms with van der Waals surface area (Å²) >= 11 is 0. The third kappa shape index (κ3) is 38.6. The lowest BCUT2D eigenvalue weighted by molar-refractivity contribution is -0.273. The molecule has 3 aromatic rings. The molecule has 8 N–H and O–H groups in total. The number of nitrogens with zero attached hydrogens (tertiary/aromatic N) is 1. The van der Waals surface area contributed by atoms with Crippen molar-refractivity contribution >= 4 is 83.1 Å². The van der Waals surface area contributed by atoms with Crippen LogP contribution in [0.5, 0.6) is 11.5 Å². The Morgan fingerprint density at radius 3 is 1.00 bits per heavy atom. The first-order valence-corrected chi connectivity index (χ1v) is 48.6. The van der Waals surface area contributed by atoms with E-state index in [1.54, 1.807) is 14.2 Å². The van der Waals surface area contributed by atoms with Gasteiger partial charge in [0.25, 0.3) is 0 Å². The quantitative estimate of drug-likeness (QED) is 0.0115. The van der Waals surface area contributed by atoms with Gasteiger partial charge in [-0.05, 0) is 124 Å². The minimum absolute atomic E-state index is 0.0637. The summed E-state index contributed by atoms with van der Waals surface area (Å²) in [4.78, 5) is 184. The van der Waals surface area contributed by atoms with E-state index in [4.69, 9.17) is 71.1 Å². The number of hydrogen-bond donors (Lipinski definition) is 8. The number of carbonyl (C=O) groups excluding carboxylic acids is 14. The molecule has 0 bridgehead atoms. The molecular formula is C100H150N8O30. The van der Waals surface area contributed by atoms with Crippen molar-refractivity contribution in [1.29, 1.82) is 0 Å². The van der Waals surface area contributed by atoms with Gasteiger partial charge in [0.2, 0.25) is 47.3 Å². The van der Waals surface area contributed by atoms with Gasteiger partial charge in [0.05, 0.1) is 33.0 Å². The molecule has 4 saturated heterocycles. The van der Waals surface area contributed by atoms with Crippen LogP contribution in [0.25, 0.3) is 0 Å². The predicted octanol–water partition coefficient (Wildman–Crippen LogP) is 7.85. The van der Waals surface area contributed by atoms with Crippen LogP contribution in [0.4, 0.5) is 0 Å². The Morgan fingerprint density at radius 2 is 0.688 bits per heavy atom. The number of aliphatic hydroxyl groups is 1. The maximum Gasteiger partial charge on any atom is 0.303 e. The second-order valence-electron chi connectivity index (χ2n) is 36.3. The van der Waals surface area contributed by atoms with E-state index in [9.17, 15) is 72.2 Å². The molecule has 770 valence electrons. The minimum atomic E-state index is -1.46. The summed E-state index contributed by atoms with van der Waals surface area (Å²) in [6.07, 6.45) is -4.39. The first kappa shape index (κ1) is 114. The first-order chi connectivity index (χ1) is 65.9. The maximum absolute atomic E-state index is 14.9. The van der Waals surface area contributed by atoms with E-state index in [1.165, 1.54) is 46.4 Å². The number of aliphatic hydroxyl groups excluding tert-OH is 1. The van der Waals surface area contributed by atoms with Gasteiger partial charge >= 0.3 is 35.8 Å². The van der Waals surface area contributed by atoms with Crippen molar-refractivity contribution < 1.29 is 143 Å². The summed E-state index contributed by atoms with van der Waals surface area (Å²) in [5.41, 5.74) is -0.491. The van der Waals surface area contributed by atoms with Crippen LogP contribution in [0.15, 0.2) is 78.9 Å². The van der Waals surface area contributed by atoms with Crippen LogP contribution >= 0.6 is 0 Å². The molecule has 138 heavy (non-hydrogen) atoms. The first-order valence-electron chi connectivity index (χ1n) is 48.6. The summed E-state index contributed by atoms with van der Waals surface area (Å²) in [6, 6.07) is 23.8. The Hall–Kier alpha value is -10.5. The number of unbranched alkanes of at least 4 members (excludes halogenated alkanes) is 3. The number of carbonyl (C=O) groups is 14. The van der Waals surface area contributed by atoms with Crippen molar-refractivity contribution in [2.75, 3.05) is 106 Å². The Bertz CT molecular complexity index is 4020. The largest absolute Gasteiger partial charge is 0.497 e. The van der Waals surface area contributed by atoms with Gasteiger partial charge in [0.15, 0.2) is 18.9 Å². The lowest BCUT2D eigenvalue weighted by Crippen LogP contribution is -2.53. The normalized spacial score (nSPS) is 23.3. The van der Waals surface area contributed by atoms with Crippen LogP contribution in [0.2, 0.25) is 0 Å². The molecule has 0 spiro atoms. The fourth-order valence-corrected chi connectivity index (χ4v) is 17.4. The minimum Gasteiger partial charge on any atom is -0.497 e. The molecule has 0 aromatic heterocycles. The highest BCUT2D eigenvalue weighted by Gasteiger charge is 2.49. The second-order valence-corrected chi connectivity index (χ2v) is 36.3. The molecule has 3 aromatic carbocycles. The predicted molar refractivity (Wildman–Crippen MR) is 501 cm³/mol. The molecule has 15 unspecified atom stereocenters. The van der Waals surface area contributed by atoms with E-state index >= 15 is 0 Å². The van der Waals surface area contributed by atoms with Crippen LogP contribution in [0.1, 0.15) is 235 Å². The third-order valence-corrected chi connectivity index (χ3v) is 25.7. The Morgan fingerprint density at radius 1 is 0.370 bits per heavy atom. The highest BCUT2D eigenvalue weighted by molar-refractivity contribution is 5.85. The van der Waals surface area contributed by atoms with E-state index in [2.05, 4.69) is 37.2 Å². The van der Waals surface area contributed by atoms with Gasteiger partial charge in [-0.3, -0.25) is 67.1 Å². The molecule has 0 radical (unpaired) electrons. The number of hydrogen-bond acceptors (Lipinski definition) is 30. The van der Waals surface area contributed by atoms with Gasteiger partial charge in [0.1, 0.15) is 73.5 Å². The van der Waals surface area contributed by atoms with Crippen molar-refractivity contribution in [3.05, 3.63) is 95.6 Å². The number of methoxy groups -OCH3 is 2. The molecule has 17 atom stereocenters. The number of ether oxygens (including phenoxy) is 15. The number of benzene rings is 3. The smallest absolute Gasteiger partial charge is 0.303 e. The number of amides is 8. The van der Waals surface area contributed by atoms with Gasteiger partial charge < -0.3 is 118 Å². The molecule has 0 aliphatic carbocycles. The molecular weight excluding hydrogens is 1790 g/mol. The molecule has 4 aliphatic rings. The van der Waals surface area contributed by atoms with E-state index in [1.807, 2.05) is 120 Å². The number of β-amino-alcohol motifs (C(OH)–C–C–N with tert-alkyl or cyclic N) is 1. The third-order valence-electron chi connectivity index (χ3n) is 25.7. The summed E-state index contributed by atoms with van der Waals surface area (Å²) in [5, 5.41) is 31.9. The summed E-state index contributed by atoms with van der Waals surface area (Å²) < 4.78 is 87.3. The summed E-state index contributed by atoms with van der Waals surface area (Å²) in [7, 11) is 3.14. The van der Waals surface area contributed by atoms with E-state index in [0.717, 1.165) is 16.7 Å². The van der Waals surface area contributed by atoms with Crippen molar-refractivity contribution in [1.82, 2.24) is 42.1 Å². The van der Waals surface area contributed by atoms with Crippen LogP contribution in [-0.4, -0.2) is 273 Å². The SMILES string of the molecule is COc1ccc(C(OC[C@H]2C[C@H](O)CN2C(=O)CCC(=O)NC(CCC(=O)NCCCNC(=O)CCCCOC2OC(COC(C)=O)C(OC(C)=O)C(C)C2C)(CCC(=O)NCCCNC(=O)CCCCOC2OC(COC(C)=O)C(OC(C)=O)C(C)C2C)CCC(=O)NCCCNC(=O)CCCCOC2OC(COC(C)=O)C(OC(C)=O)C(C)C2C)(c2ccccc2)c2ccc(OC)cc2)cc1. The number of likely N-dealkylation sites (tertiary alicyclic amines) is 1. The van der Waals surface area contributed by atoms with E-state index < -0.39 is 151 Å². The lowest BCUT2D eigenvalue weighted by atomic mass is 9.80. The number of nitrogens with one attached hydrogen (secondary N) is 7. The zero-order chi connectivity index (χ0) is 101. The van der Waals surface area contributed by atoms with Crippen LogP contribution in [-0.2, 0) is 134 Å².